The minimum Gasteiger partial charge on any atom is -0.480 e. The van der Waals surface area contributed by atoms with Gasteiger partial charge in [-0.15, -0.1) is 0 Å². The summed E-state index contributed by atoms with van der Waals surface area (Å²) in [6, 6.07) is 7.04. The molecule has 5 saturated heterocycles. The first-order valence-corrected chi connectivity index (χ1v) is 31.4. The number of aliphatic carboxylic acids is 3. The molecule has 7 amide bonds. The number of likely N-dealkylation sites (tertiary alicyclic amines) is 3. The Morgan fingerprint density at radius 2 is 0.776 bits per heavy atom. The van der Waals surface area contributed by atoms with Crippen LogP contribution in [-0.2, 0) is 71.6 Å². The Hall–Kier alpha value is -9.45. The summed E-state index contributed by atoms with van der Waals surface area (Å²) in [4.78, 5) is 166. The Balaban J connectivity index is 0.00000118. The molecule has 36 heteroatoms. The number of carboxylic acids is 3. The average molecular weight is 1410 g/mol. The summed E-state index contributed by atoms with van der Waals surface area (Å²) in [6.45, 7) is 22.2. The van der Waals surface area contributed by atoms with Gasteiger partial charge in [-0.2, -0.15) is 21.0 Å². The number of nitrogens with zero attached hydrogens (tertiary/aromatic N) is 12. The van der Waals surface area contributed by atoms with Crippen molar-refractivity contribution in [3.63, 3.8) is 0 Å². The minimum atomic E-state index is -1.30. The number of esters is 2. The highest BCUT2D eigenvalue weighted by Crippen LogP contribution is 2.21. The Bertz CT molecular complexity index is 2860. The molecule has 546 valence electrons. The summed E-state index contributed by atoms with van der Waals surface area (Å²) in [7, 11) is 0. The number of nitrogens with one attached hydrogen (secondary N) is 1. The molecule has 0 bridgehead atoms. The van der Waals surface area contributed by atoms with Gasteiger partial charge in [0.05, 0.1) is 43.9 Å². The normalized spacial score (nSPS) is 17.9. The predicted molar refractivity (Wildman–Crippen MR) is 342 cm³/mol. The first kappa shape index (κ1) is 88.5. The monoisotopic (exact) mass is 1410 g/mol. The molecule has 0 spiro atoms. The third kappa shape index (κ3) is 38.3. The Morgan fingerprint density at radius 3 is 1.05 bits per heavy atom. The van der Waals surface area contributed by atoms with Crippen LogP contribution in [0.3, 0.4) is 0 Å². The molecule has 5 rings (SSSR count). The van der Waals surface area contributed by atoms with Crippen molar-refractivity contribution in [3.8, 4) is 24.3 Å². The molecule has 0 radical (unpaired) electrons. The smallest absolute Gasteiger partial charge is 0.411 e. The Morgan fingerprint density at radius 1 is 0.469 bits per heavy atom. The van der Waals surface area contributed by atoms with Gasteiger partial charge >= 0.3 is 54.2 Å². The molecule has 5 aliphatic rings. The molecule has 5 fully saturated rings. The number of nitriles is 4. The Kier molecular flexibility index (Phi) is 38.2. The van der Waals surface area contributed by atoms with Gasteiger partial charge in [0, 0.05) is 26.2 Å². The lowest BCUT2D eigenvalue weighted by Crippen LogP contribution is -2.47. The van der Waals surface area contributed by atoms with Crippen molar-refractivity contribution < 1.29 is 106 Å². The summed E-state index contributed by atoms with van der Waals surface area (Å²) in [5, 5.41) is 63.8. The number of rotatable bonds is 16. The van der Waals surface area contributed by atoms with Crippen molar-refractivity contribution in [1.29, 1.82) is 21.0 Å². The standard InChI is InChI=1S/C15H23N3O4.C14H21N3O5.C10H15N3O2.C9H15NO6.C9H13NO5.C5H7ClN2/c1-11(19)9-17(14(21)22-15(2,3)4)10-13(20)18-7-5-6-12(18)8-16;1-14(2,3)22-13(21)16(9-12(19)20)8-11(18)17-6-4-5-10(17)7-15;1-8(14)6-12-7-10(15)13-4-2-3-9(13)5-11;1-9(2,3)16-8(15)10(4-6(11)12)5-7(13)14;1-9(2,3)15-8(13)10-4-6(11)14-7(12)5-10;6-8-3-1-2-5(8)4-7/h12H,5-7,9-10H2,1-4H3;10H,4-6,8-9H2,1-3H3,(H,19,20);9,12H,2-4,6-7H2,1H3;4-5H2,1-3H3,(H,11,12)(H,13,14);4-5H2,1-3H3;5H,1-3H2/t12-;10-;9-;;;5-/m000..0/s1. The highest BCUT2D eigenvalue weighted by Gasteiger charge is 2.36. The minimum absolute atomic E-state index is 0.000977. The predicted octanol–water partition coefficient (Wildman–Crippen LogP) is 3.66. The second-order valence-electron chi connectivity index (χ2n) is 26.4. The topological polar surface area (TPSA) is 479 Å². The highest BCUT2D eigenvalue weighted by molar-refractivity contribution is 6.13. The van der Waals surface area contributed by atoms with Crippen LogP contribution >= 0.6 is 11.8 Å². The summed E-state index contributed by atoms with van der Waals surface area (Å²) in [5.74, 6) is -6.43. The number of ketones is 2. The van der Waals surface area contributed by atoms with Crippen molar-refractivity contribution in [2.45, 2.75) is 195 Å². The van der Waals surface area contributed by atoms with Gasteiger partial charge < -0.3 is 59.0 Å². The van der Waals surface area contributed by atoms with Gasteiger partial charge in [0.15, 0.2) is 0 Å². The van der Waals surface area contributed by atoms with Crippen LogP contribution in [0.2, 0.25) is 0 Å². The molecular weight excluding hydrogens is 1310 g/mol. The van der Waals surface area contributed by atoms with Crippen LogP contribution in [0, 0.1) is 45.3 Å². The fourth-order valence-corrected chi connectivity index (χ4v) is 8.98. The number of Topliss-reactive ketones (excluding diaryl/α,β-unsaturated/α-hetero) is 2. The number of cyclic esters (lactones) is 2. The van der Waals surface area contributed by atoms with Crippen LogP contribution in [-0.4, -0.2) is 276 Å². The van der Waals surface area contributed by atoms with E-state index in [1.165, 1.54) is 23.6 Å². The van der Waals surface area contributed by atoms with Crippen molar-refractivity contribution in [2.75, 3.05) is 91.6 Å². The molecule has 4 N–H and O–H groups in total. The molecule has 0 aromatic carbocycles. The molecule has 0 unspecified atom stereocenters. The van der Waals surface area contributed by atoms with Gasteiger partial charge in [-0.05, 0) is 160 Å². The quantitative estimate of drug-likeness (QED) is 0.0741. The summed E-state index contributed by atoms with van der Waals surface area (Å²) in [5.41, 5.74) is -2.95. The number of carbonyl (C=O) groups is 14. The highest BCUT2D eigenvalue weighted by atomic mass is 35.5. The molecule has 5 aliphatic heterocycles. The second kappa shape index (κ2) is 42.3. The zero-order valence-electron chi connectivity index (χ0n) is 58.2. The largest absolute Gasteiger partial charge is 0.480 e. The summed E-state index contributed by atoms with van der Waals surface area (Å²) >= 11 is 5.59. The van der Waals surface area contributed by atoms with Gasteiger partial charge in [0.1, 0.15) is 104 Å². The van der Waals surface area contributed by atoms with Crippen LogP contribution in [0.1, 0.15) is 148 Å². The van der Waals surface area contributed by atoms with Crippen LogP contribution in [0.4, 0.5) is 19.2 Å². The molecule has 4 atom stereocenters. The number of halogens is 1. The SMILES string of the molecule is CC(=O)CN(CC(=O)N1CCC[C@H]1C#N)C(=O)OC(C)(C)C.CC(=O)CNCC(=O)N1CCC[C@H]1C#N.CC(C)(C)OC(=O)N(CC(=O)O)CC(=O)N1CCC[C@H]1C#N.CC(C)(C)OC(=O)N(CC(=O)O)CC(=O)O.CC(C)(C)OC(=O)N1CC(=O)OC(=O)C1.N#C[C@@H]1CCCN1Cl. The molecular formula is C62H94ClN13O22. The molecule has 0 aromatic rings. The van der Waals surface area contributed by atoms with E-state index >= 15 is 0 Å². The first-order chi connectivity index (χ1) is 45.2. The number of hydrogen-bond donors (Lipinski definition) is 4. The third-order valence-corrected chi connectivity index (χ3v) is 13.1. The van der Waals surface area contributed by atoms with Crippen molar-refractivity contribution in [1.82, 2.24) is 44.0 Å². The van der Waals surface area contributed by atoms with Crippen molar-refractivity contribution in [2.24, 2.45) is 0 Å². The van der Waals surface area contributed by atoms with Gasteiger partial charge in [-0.3, -0.25) is 58.0 Å². The molecule has 5 heterocycles. The van der Waals surface area contributed by atoms with Crippen LogP contribution < -0.4 is 5.32 Å². The van der Waals surface area contributed by atoms with Crippen LogP contribution in [0.15, 0.2) is 0 Å². The maximum absolute atomic E-state index is 12.3. The lowest BCUT2D eigenvalue weighted by Gasteiger charge is -2.28. The van der Waals surface area contributed by atoms with E-state index in [1.807, 2.05) is 6.07 Å². The number of ether oxygens (including phenoxy) is 5. The van der Waals surface area contributed by atoms with E-state index in [4.69, 9.17) is 67.1 Å². The van der Waals surface area contributed by atoms with Crippen molar-refractivity contribution >= 4 is 95.3 Å². The van der Waals surface area contributed by atoms with E-state index < -0.39 is 121 Å². The number of morpholine rings is 1. The fraction of sp³-hybridized carbons (Fsp3) is 0.710. The zero-order chi connectivity index (χ0) is 75.6. The van der Waals surface area contributed by atoms with Gasteiger partial charge in [0.25, 0.3) is 0 Å². The first-order valence-electron chi connectivity index (χ1n) is 31.1. The summed E-state index contributed by atoms with van der Waals surface area (Å²) in [6.07, 6.45) is 3.13. The zero-order valence-corrected chi connectivity index (χ0v) is 59.0. The van der Waals surface area contributed by atoms with E-state index in [9.17, 15) is 67.1 Å². The lowest BCUT2D eigenvalue weighted by molar-refractivity contribution is -0.166. The maximum Gasteiger partial charge on any atom is 0.411 e. The average Bonchev–Trinajstić information content (AvgIpc) is 1.42. The van der Waals surface area contributed by atoms with E-state index in [1.54, 1.807) is 92.4 Å². The molecule has 0 saturated carbocycles. The fourth-order valence-electron chi connectivity index (χ4n) is 8.72. The number of carbonyl (C=O) groups excluding carboxylic acids is 11. The van der Waals surface area contributed by atoms with Gasteiger partial charge in [-0.1, -0.05) is 0 Å². The molecule has 98 heavy (non-hydrogen) atoms. The summed E-state index contributed by atoms with van der Waals surface area (Å²) < 4.78 is 26.0. The number of amides is 7. The maximum atomic E-state index is 12.3. The van der Waals surface area contributed by atoms with Crippen LogP contribution in [0.5, 0.6) is 0 Å². The van der Waals surface area contributed by atoms with E-state index in [0.29, 0.717) is 37.4 Å². The lowest BCUT2D eigenvalue weighted by atomic mass is 10.2. The van der Waals surface area contributed by atoms with Gasteiger partial charge in [-0.25, -0.2) is 33.2 Å². The van der Waals surface area contributed by atoms with E-state index in [0.717, 1.165) is 59.8 Å². The van der Waals surface area contributed by atoms with Crippen LogP contribution in [0.25, 0.3) is 0 Å². The molecule has 0 aliphatic carbocycles. The van der Waals surface area contributed by atoms with Crippen molar-refractivity contribution in [3.05, 3.63) is 0 Å². The number of carboxylic acid groups (broad SMARTS) is 3. The Labute approximate surface area is 575 Å². The molecule has 0 aromatic heterocycles. The van der Waals surface area contributed by atoms with E-state index in [-0.39, 0.29) is 74.7 Å². The number of hydrogen-bond acceptors (Lipinski definition) is 25. The van der Waals surface area contributed by atoms with E-state index in [2.05, 4.69) is 28.3 Å². The second-order valence-corrected chi connectivity index (χ2v) is 26.8. The molecule has 35 nitrogen and oxygen atoms in total. The van der Waals surface area contributed by atoms with Gasteiger partial charge in [0.2, 0.25) is 17.7 Å². The third-order valence-electron chi connectivity index (χ3n) is 12.7.